The van der Waals surface area contributed by atoms with E-state index in [0.29, 0.717) is 6.42 Å². The number of nitrogen functional groups attached to an aromatic ring is 1. The van der Waals surface area contributed by atoms with Crippen molar-refractivity contribution in [2.75, 3.05) is 50.0 Å². The Kier molecular flexibility index (Phi) is 4.83. The number of carbonyl (C=O) groups excluding carboxylic acids is 1. The van der Waals surface area contributed by atoms with Crippen molar-refractivity contribution in [1.29, 1.82) is 0 Å². The minimum Gasteiger partial charge on any atom is -0.397 e. The molecule has 5 nitrogen and oxygen atoms in total. The molecule has 5 heteroatoms. The number of aryl methyl sites for hydroxylation is 1. The summed E-state index contributed by atoms with van der Waals surface area (Å²) in [5, 5.41) is 0. The zero-order valence-electron chi connectivity index (χ0n) is 13.1. The van der Waals surface area contributed by atoms with Gasteiger partial charge in [0.15, 0.2) is 0 Å². The number of ether oxygens (including phenoxy) is 1. The number of hydrogen-bond acceptors (Lipinski definition) is 4. The minimum atomic E-state index is 0.272. The van der Waals surface area contributed by atoms with Crippen LogP contribution in [-0.2, 0) is 16.0 Å². The van der Waals surface area contributed by atoms with Gasteiger partial charge in [0.05, 0.1) is 24.6 Å². The fraction of sp³-hybridized carbons (Fsp3) is 0.588. The third-order valence-corrected chi connectivity index (χ3v) is 4.53. The van der Waals surface area contributed by atoms with Gasteiger partial charge in [-0.1, -0.05) is 6.07 Å². The normalized spacial score (nSPS) is 18.7. The van der Waals surface area contributed by atoms with E-state index in [9.17, 15) is 4.79 Å². The average Bonchev–Trinajstić information content (AvgIpc) is 3.08. The quantitative estimate of drug-likeness (QED) is 0.860. The highest BCUT2D eigenvalue weighted by atomic mass is 16.5. The Balaban J connectivity index is 1.58. The van der Waals surface area contributed by atoms with E-state index in [2.05, 4.69) is 17.0 Å². The molecule has 1 amide bonds. The number of amides is 1. The molecule has 0 radical (unpaired) electrons. The third-order valence-electron chi connectivity index (χ3n) is 4.53. The first-order valence-corrected chi connectivity index (χ1v) is 8.23. The van der Waals surface area contributed by atoms with Crippen molar-refractivity contribution in [3.63, 3.8) is 0 Å². The molecule has 2 fully saturated rings. The van der Waals surface area contributed by atoms with Crippen LogP contribution in [0.5, 0.6) is 0 Å². The summed E-state index contributed by atoms with van der Waals surface area (Å²) in [4.78, 5) is 16.3. The SMILES string of the molecule is Nc1cc(CCC(=O)N2CCCC2)ccc1N1CCOCC1. The van der Waals surface area contributed by atoms with Gasteiger partial charge in [-0.15, -0.1) is 0 Å². The fourth-order valence-electron chi connectivity index (χ4n) is 3.23. The Morgan fingerprint density at radius 1 is 1.14 bits per heavy atom. The smallest absolute Gasteiger partial charge is 0.222 e. The molecule has 1 aromatic carbocycles. The molecule has 0 spiro atoms. The first-order valence-electron chi connectivity index (χ1n) is 8.23. The van der Waals surface area contributed by atoms with Crippen LogP contribution in [0.15, 0.2) is 18.2 Å². The van der Waals surface area contributed by atoms with Crippen LogP contribution in [0.4, 0.5) is 11.4 Å². The minimum absolute atomic E-state index is 0.272. The maximum absolute atomic E-state index is 12.1. The van der Waals surface area contributed by atoms with Crippen molar-refractivity contribution in [2.24, 2.45) is 0 Å². The lowest BCUT2D eigenvalue weighted by atomic mass is 10.1. The second-order valence-corrected chi connectivity index (χ2v) is 6.08. The molecular weight excluding hydrogens is 278 g/mol. The van der Waals surface area contributed by atoms with Crippen molar-refractivity contribution >= 4 is 17.3 Å². The Morgan fingerprint density at radius 3 is 2.55 bits per heavy atom. The van der Waals surface area contributed by atoms with E-state index in [1.54, 1.807) is 0 Å². The average molecular weight is 303 g/mol. The van der Waals surface area contributed by atoms with Crippen LogP contribution in [0, 0.1) is 0 Å². The van der Waals surface area contributed by atoms with Crippen molar-refractivity contribution in [3.05, 3.63) is 23.8 Å². The lowest BCUT2D eigenvalue weighted by molar-refractivity contribution is -0.130. The molecule has 0 unspecified atom stereocenters. The largest absolute Gasteiger partial charge is 0.397 e. The molecule has 0 aromatic heterocycles. The van der Waals surface area contributed by atoms with E-state index < -0.39 is 0 Å². The van der Waals surface area contributed by atoms with E-state index in [-0.39, 0.29) is 5.91 Å². The number of rotatable bonds is 4. The molecule has 3 rings (SSSR count). The molecule has 0 saturated carbocycles. The van der Waals surface area contributed by atoms with Gasteiger partial charge in [0.25, 0.3) is 0 Å². The van der Waals surface area contributed by atoms with Crippen LogP contribution in [0.1, 0.15) is 24.8 Å². The first kappa shape index (κ1) is 15.2. The van der Waals surface area contributed by atoms with Gasteiger partial charge in [-0.05, 0) is 37.0 Å². The Morgan fingerprint density at radius 2 is 1.86 bits per heavy atom. The molecule has 0 bridgehead atoms. The summed E-state index contributed by atoms with van der Waals surface area (Å²) in [6.07, 6.45) is 3.64. The maximum atomic E-state index is 12.1. The second-order valence-electron chi connectivity index (χ2n) is 6.08. The molecule has 2 aliphatic heterocycles. The van der Waals surface area contributed by atoms with Gasteiger partial charge in [-0.25, -0.2) is 0 Å². The number of nitrogens with two attached hydrogens (primary N) is 1. The summed E-state index contributed by atoms with van der Waals surface area (Å²) < 4.78 is 5.37. The molecule has 2 saturated heterocycles. The van der Waals surface area contributed by atoms with Crippen LogP contribution in [0.3, 0.4) is 0 Å². The van der Waals surface area contributed by atoms with Gasteiger partial charge in [0.2, 0.25) is 5.91 Å². The van der Waals surface area contributed by atoms with Crippen molar-refractivity contribution in [3.8, 4) is 0 Å². The van der Waals surface area contributed by atoms with E-state index >= 15 is 0 Å². The number of likely N-dealkylation sites (tertiary alicyclic amines) is 1. The highest BCUT2D eigenvalue weighted by Gasteiger charge is 2.18. The summed E-state index contributed by atoms with van der Waals surface area (Å²) in [5.74, 6) is 0.272. The van der Waals surface area contributed by atoms with Gasteiger partial charge in [-0.2, -0.15) is 0 Å². The maximum Gasteiger partial charge on any atom is 0.222 e. The fourth-order valence-corrected chi connectivity index (χ4v) is 3.23. The molecule has 2 aliphatic rings. The second kappa shape index (κ2) is 7.01. The number of anilines is 2. The number of benzene rings is 1. The van der Waals surface area contributed by atoms with Gasteiger partial charge >= 0.3 is 0 Å². The van der Waals surface area contributed by atoms with Gasteiger partial charge in [0.1, 0.15) is 0 Å². The first-order chi connectivity index (χ1) is 10.7. The Labute approximate surface area is 132 Å². The number of hydrogen-bond donors (Lipinski definition) is 1. The molecule has 2 N–H and O–H groups in total. The highest BCUT2D eigenvalue weighted by Crippen LogP contribution is 2.26. The topological polar surface area (TPSA) is 58.8 Å². The van der Waals surface area contributed by atoms with Crippen molar-refractivity contribution < 1.29 is 9.53 Å². The molecular formula is C17H25N3O2. The van der Waals surface area contributed by atoms with E-state index in [1.165, 1.54) is 0 Å². The molecule has 1 aromatic rings. The van der Waals surface area contributed by atoms with Gasteiger partial charge in [-0.3, -0.25) is 4.79 Å². The predicted octanol–water partition coefficient (Wildman–Crippen LogP) is 1.66. The summed E-state index contributed by atoms with van der Waals surface area (Å²) in [6, 6.07) is 6.19. The summed E-state index contributed by atoms with van der Waals surface area (Å²) in [7, 11) is 0. The van der Waals surface area contributed by atoms with Crippen LogP contribution in [0.2, 0.25) is 0 Å². The number of nitrogens with zero attached hydrogens (tertiary/aromatic N) is 2. The lowest BCUT2D eigenvalue weighted by Crippen LogP contribution is -2.36. The Bertz CT molecular complexity index is 521. The molecule has 120 valence electrons. The number of morpholine rings is 1. The van der Waals surface area contributed by atoms with Gasteiger partial charge in [0, 0.05) is 32.6 Å². The summed E-state index contributed by atoms with van der Waals surface area (Å²) >= 11 is 0. The Hall–Kier alpha value is -1.75. The van der Waals surface area contributed by atoms with Crippen LogP contribution in [0.25, 0.3) is 0 Å². The molecule has 0 atom stereocenters. The third kappa shape index (κ3) is 3.53. The summed E-state index contributed by atoms with van der Waals surface area (Å²) in [6.45, 7) is 5.14. The summed E-state index contributed by atoms with van der Waals surface area (Å²) in [5.41, 5.74) is 9.22. The van der Waals surface area contributed by atoms with Crippen molar-refractivity contribution in [2.45, 2.75) is 25.7 Å². The van der Waals surface area contributed by atoms with E-state index in [1.807, 2.05) is 11.0 Å². The van der Waals surface area contributed by atoms with Crippen LogP contribution >= 0.6 is 0 Å². The molecule has 0 aliphatic carbocycles. The van der Waals surface area contributed by atoms with Crippen LogP contribution in [-0.4, -0.2) is 50.2 Å². The molecule has 2 heterocycles. The highest BCUT2D eigenvalue weighted by molar-refractivity contribution is 5.77. The zero-order chi connectivity index (χ0) is 15.4. The molecule has 22 heavy (non-hydrogen) atoms. The van der Waals surface area contributed by atoms with Gasteiger partial charge < -0.3 is 20.3 Å². The van der Waals surface area contributed by atoms with Crippen LogP contribution < -0.4 is 10.6 Å². The standard InChI is InChI=1S/C17H25N3O2/c18-15-13-14(4-6-17(21)20-7-1-2-8-20)3-5-16(15)19-9-11-22-12-10-19/h3,5,13H,1-2,4,6-12,18H2. The monoisotopic (exact) mass is 303 g/mol. The van der Waals surface area contributed by atoms with E-state index in [0.717, 1.165) is 75.6 Å². The van der Waals surface area contributed by atoms with Crippen molar-refractivity contribution in [1.82, 2.24) is 4.90 Å². The zero-order valence-corrected chi connectivity index (χ0v) is 13.1. The predicted molar refractivity (Wildman–Crippen MR) is 88.0 cm³/mol. The number of carbonyl (C=O) groups is 1. The van der Waals surface area contributed by atoms with E-state index in [4.69, 9.17) is 10.5 Å². The lowest BCUT2D eigenvalue weighted by Gasteiger charge is -2.30.